The maximum atomic E-state index is 12.9. The molecule has 3 nitrogen and oxygen atoms in total. The first-order valence-corrected chi connectivity index (χ1v) is 9.55. The number of aromatic nitrogens is 1. The first-order chi connectivity index (χ1) is 12.6. The predicted octanol–water partition coefficient (Wildman–Crippen LogP) is 4.90. The van der Waals surface area contributed by atoms with E-state index < -0.39 is 0 Å². The number of Topliss-reactive ketones (excluding diaryl/α,β-unsaturated/α-hetero) is 1. The molecule has 2 aromatic carbocycles. The molecule has 1 atom stereocenters. The number of hydrogen-bond acceptors (Lipinski definition) is 3. The summed E-state index contributed by atoms with van der Waals surface area (Å²) in [5.41, 5.74) is 3.26. The number of fused-ring (bicyclic) bond motifs is 1. The Hall–Kier alpha value is -2.59. The predicted molar refractivity (Wildman–Crippen MR) is 103 cm³/mol. The van der Waals surface area contributed by atoms with Gasteiger partial charge in [0.05, 0.1) is 5.56 Å². The van der Waals surface area contributed by atoms with Crippen LogP contribution in [-0.2, 0) is 6.42 Å². The van der Waals surface area contributed by atoms with Gasteiger partial charge in [0.2, 0.25) is 5.69 Å². The molecule has 1 heterocycles. The second-order valence-electron chi connectivity index (χ2n) is 6.73. The summed E-state index contributed by atoms with van der Waals surface area (Å²) >= 11 is 1.61. The number of hydrogen-bond donors (Lipinski definition) is 0. The molecule has 1 aliphatic carbocycles. The number of carbonyl (C=O) groups excluding carboxylic acids is 1. The average molecular weight is 361 g/mol. The zero-order valence-corrected chi connectivity index (χ0v) is 15.3. The highest BCUT2D eigenvalue weighted by Crippen LogP contribution is 2.40. The largest absolute Gasteiger partial charge is 0.618 e. The smallest absolute Gasteiger partial charge is 0.224 e. The van der Waals surface area contributed by atoms with Gasteiger partial charge in [-0.2, -0.15) is 4.73 Å². The van der Waals surface area contributed by atoms with Crippen LogP contribution < -0.4 is 4.73 Å². The van der Waals surface area contributed by atoms with Crippen LogP contribution in [0.1, 0.15) is 29.3 Å². The number of pyridine rings is 1. The van der Waals surface area contributed by atoms with Crippen molar-refractivity contribution < 1.29 is 9.52 Å². The number of rotatable bonds is 3. The van der Waals surface area contributed by atoms with Gasteiger partial charge < -0.3 is 5.21 Å². The average Bonchev–Trinajstić information content (AvgIpc) is 2.63. The molecule has 4 rings (SSSR count). The molecule has 1 unspecified atom stereocenters. The van der Waals surface area contributed by atoms with Crippen LogP contribution in [0.3, 0.4) is 0 Å². The molecule has 0 saturated carbocycles. The molecule has 1 aliphatic rings. The van der Waals surface area contributed by atoms with Crippen LogP contribution in [0.15, 0.2) is 76.7 Å². The normalized spacial score (nSPS) is 16.3. The second kappa shape index (κ2) is 6.96. The van der Waals surface area contributed by atoms with Crippen LogP contribution in [0.4, 0.5) is 0 Å². The molecule has 0 aliphatic heterocycles. The molecule has 0 saturated heterocycles. The van der Waals surface area contributed by atoms with Crippen molar-refractivity contribution in [2.75, 3.05) is 0 Å². The Bertz CT molecular complexity index is 969. The number of benzene rings is 2. The van der Waals surface area contributed by atoms with Gasteiger partial charge in [0.1, 0.15) is 0 Å². The van der Waals surface area contributed by atoms with Gasteiger partial charge in [-0.05, 0) is 48.2 Å². The molecule has 4 heteroatoms. The molecular weight excluding hydrogens is 342 g/mol. The fraction of sp³-hybridized carbons (Fsp3) is 0.182. The minimum Gasteiger partial charge on any atom is -0.618 e. The van der Waals surface area contributed by atoms with Crippen LogP contribution in [0.25, 0.3) is 11.3 Å². The standard InChI is InChI=1S/C22H19NO2S/c1-15-13-18-17(19-9-5-6-12-23(19)25)10-11-21(22(18)20(24)14-15)26-16-7-3-2-4-8-16/h2-12,15H,13-14H2,1H3. The molecule has 26 heavy (non-hydrogen) atoms. The summed E-state index contributed by atoms with van der Waals surface area (Å²) in [4.78, 5) is 15.0. The van der Waals surface area contributed by atoms with E-state index in [0.717, 1.165) is 37.6 Å². The molecular formula is C22H19NO2S. The molecule has 0 amide bonds. The Labute approximate surface area is 157 Å². The summed E-state index contributed by atoms with van der Waals surface area (Å²) in [5.74, 6) is 0.460. The maximum Gasteiger partial charge on any atom is 0.224 e. The van der Waals surface area contributed by atoms with Gasteiger partial charge in [-0.15, -0.1) is 0 Å². The monoisotopic (exact) mass is 361 g/mol. The van der Waals surface area contributed by atoms with E-state index in [-0.39, 0.29) is 11.7 Å². The molecule has 3 aromatic rings. The number of ketones is 1. The first kappa shape index (κ1) is 16.9. The van der Waals surface area contributed by atoms with Crippen molar-refractivity contribution in [2.45, 2.75) is 29.6 Å². The van der Waals surface area contributed by atoms with Gasteiger partial charge in [0, 0.05) is 33.9 Å². The highest BCUT2D eigenvalue weighted by molar-refractivity contribution is 7.99. The third kappa shape index (κ3) is 3.13. The highest BCUT2D eigenvalue weighted by Gasteiger charge is 2.29. The van der Waals surface area contributed by atoms with E-state index in [1.807, 2.05) is 54.6 Å². The van der Waals surface area contributed by atoms with E-state index in [9.17, 15) is 10.0 Å². The van der Waals surface area contributed by atoms with E-state index in [4.69, 9.17) is 0 Å². The van der Waals surface area contributed by atoms with Gasteiger partial charge in [-0.1, -0.05) is 36.9 Å². The molecule has 0 bridgehead atoms. The van der Waals surface area contributed by atoms with E-state index >= 15 is 0 Å². The summed E-state index contributed by atoms with van der Waals surface area (Å²) < 4.78 is 0.878. The summed E-state index contributed by atoms with van der Waals surface area (Å²) in [6, 6.07) is 19.4. The summed E-state index contributed by atoms with van der Waals surface area (Å²) in [7, 11) is 0. The molecule has 1 aromatic heterocycles. The van der Waals surface area contributed by atoms with E-state index in [1.165, 1.54) is 6.20 Å². The highest BCUT2D eigenvalue weighted by atomic mass is 32.2. The van der Waals surface area contributed by atoms with Crippen LogP contribution in [0.5, 0.6) is 0 Å². The minimum absolute atomic E-state index is 0.174. The van der Waals surface area contributed by atoms with Crippen LogP contribution in [-0.4, -0.2) is 5.78 Å². The topological polar surface area (TPSA) is 44.0 Å². The molecule has 0 radical (unpaired) electrons. The van der Waals surface area contributed by atoms with Crippen molar-refractivity contribution in [2.24, 2.45) is 5.92 Å². The lowest BCUT2D eigenvalue weighted by Gasteiger charge is -2.25. The zero-order chi connectivity index (χ0) is 18.1. The lowest BCUT2D eigenvalue weighted by atomic mass is 9.81. The SMILES string of the molecule is CC1CC(=O)c2c(Sc3ccccc3)ccc(-c3cccc[n+]3[O-])c2C1. The van der Waals surface area contributed by atoms with Crippen molar-refractivity contribution in [1.29, 1.82) is 0 Å². The van der Waals surface area contributed by atoms with E-state index in [2.05, 4.69) is 6.92 Å². The molecule has 0 N–H and O–H groups in total. The lowest BCUT2D eigenvalue weighted by molar-refractivity contribution is -0.593. The van der Waals surface area contributed by atoms with Crippen LogP contribution >= 0.6 is 11.8 Å². The second-order valence-corrected chi connectivity index (χ2v) is 7.84. The Morgan fingerprint density at radius 3 is 2.54 bits per heavy atom. The molecule has 130 valence electrons. The summed E-state index contributed by atoms with van der Waals surface area (Å²) in [5, 5.41) is 12.3. The van der Waals surface area contributed by atoms with Crippen molar-refractivity contribution >= 4 is 17.5 Å². The third-order valence-electron chi connectivity index (χ3n) is 4.71. The quantitative estimate of drug-likeness (QED) is 0.492. The Morgan fingerprint density at radius 2 is 1.77 bits per heavy atom. The van der Waals surface area contributed by atoms with Crippen molar-refractivity contribution in [3.05, 3.63) is 83.2 Å². The van der Waals surface area contributed by atoms with Gasteiger partial charge in [-0.25, -0.2) is 0 Å². The van der Waals surface area contributed by atoms with E-state index in [0.29, 0.717) is 12.1 Å². The Morgan fingerprint density at radius 1 is 1.00 bits per heavy atom. The number of carbonyl (C=O) groups is 1. The maximum absolute atomic E-state index is 12.9. The molecule has 0 fully saturated rings. The lowest BCUT2D eigenvalue weighted by Crippen LogP contribution is -2.29. The minimum atomic E-state index is 0.174. The summed E-state index contributed by atoms with van der Waals surface area (Å²) in [6.07, 6.45) is 2.88. The van der Waals surface area contributed by atoms with Crippen molar-refractivity contribution in [3.63, 3.8) is 0 Å². The van der Waals surface area contributed by atoms with Crippen LogP contribution in [0.2, 0.25) is 0 Å². The van der Waals surface area contributed by atoms with E-state index in [1.54, 1.807) is 17.8 Å². The van der Waals surface area contributed by atoms with Crippen LogP contribution in [0, 0.1) is 11.1 Å². The fourth-order valence-electron chi connectivity index (χ4n) is 3.56. The fourth-order valence-corrected chi connectivity index (χ4v) is 4.58. The van der Waals surface area contributed by atoms with Gasteiger partial charge in [-0.3, -0.25) is 4.79 Å². The van der Waals surface area contributed by atoms with Gasteiger partial charge in [0.15, 0.2) is 12.0 Å². The van der Waals surface area contributed by atoms with Crippen molar-refractivity contribution in [1.82, 2.24) is 0 Å². The summed E-state index contributed by atoms with van der Waals surface area (Å²) in [6.45, 7) is 2.10. The molecule has 0 spiro atoms. The first-order valence-electron chi connectivity index (χ1n) is 8.74. The van der Waals surface area contributed by atoms with Gasteiger partial charge >= 0.3 is 0 Å². The number of nitrogens with zero attached hydrogens (tertiary/aromatic N) is 1. The zero-order valence-electron chi connectivity index (χ0n) is 14.5. The Kier molecular flexibility index (Phi) is 4.51. The Balaban J connectivity index is 1.88. The van der Waals surface area contributed by atoms with Crippen molar-refractivity contribution in [3.8, 4) is 11.3 Å². The van der Waals surface area contributed by atoms with Gasteiger partial charge in [0.25, 0.3) is 0 Å². The third-order valence-corrected chi connectivity index (χ3v) is 5.78.